The zero-order chi connectivity index (χ0) is 14.8. The molecule has 7 heteroatoms. The summed E-state index contributed by atoms with van der Waals surface area (Å²) in [7, 11) is -1.43. The highest BCUT2D eigenvalue weighted by Gasteiger charge is 2.47. The van der Waals surface area contributed by atoms with Crippen LogP contribution in [0.3, 0.4) is 0 Å². The first kappa shape index (κ1) is 15.7. The third-order valence-corrected chi connectivity index (χ3v) is 6.35. The van der Waals surface area contributed by atoms with Gasteiger partial charge in [0.25, 0.3) is 0 Å². The number of carbonyl (C=O) groups excluding carboxylic acids is 1. The number of sulfone groups is 1. The molecule has 2 fully saturated rings. The second-order valence-corrected chi connectivity index (χ2v) is 8.11. The van der Waals surface area contributed by atoms with Gasteiger partial charge in [-0.25, -0.2) is 8.42 Å². The molecule has 0 aromatic heterocycles. The monoisotopic (exact) mass is 304 g/mol. The number of hydrogen-bond acceptors (Lipinski definition) is 5. The summed E-state index contributed by atoms with van der Waals surface area (Å²) in [6.07, 6.45) is 3.17. The van der Waals surface area contributed by atoms with E-state index in [2.05, 4.69) is 0 Å². The van der Waals surface area contributed by atoms with Gasteiger partial charge in [0.2, 0.25) is 5.91 Å². The molecule has 116 valence electrons. The highest BCUT2D eigenvalue weighted by atomic mass is 32.2. The lowest BCUT2D eigenvalue weighted by atomic mass is 9.67. The molecule has 1 unspecified atom stereocenters. The van der Waals surface area contributed by atoms with Crippen molar-refractivity contribution < 1.29 is 17.9 Å². The molecule has 1 aliphatic heterocycles. The number of methoxy groups -OCH3 is 1. The summed E-state index contributed by atoms with van der Waals surface area (Å²) in [6.45, 7) is 1.20. The summed E-state index contributed by atoms with van der Waals surface area (Å²) >= 11 is 0. The Bertz CT molecular complexity index is 453. The van der Waals surface area contributed by atoms with Gasteiger partial charge in [-0.2, -0.15) is 0 Å². The van der Waals surface area contributed by atoms with Crippen LogP contribution in [0.15, 0.2) is 0 Å². The van der Waals surface area contributed by atoms with Crippen LogP contribution in [0.1, 0.15) is 25.7 Å². The molecule has 1 amide bonds. The fraction of sp³-hybridized carbons (Fsp3) is 0.923. The first-order valence-corrected chi connectivity index (χ1v) is 8.97. The van der Waals surface area contributed by atoms with Gasteiger partial charge in [0.15, 0.2) is 9.84 Å². The predicted molar refractivity (Wildman–Crippen MR) is 76.0 cm³/mol. The van der Waals surface area contributed by atoms with E-state index in [1.165, 1.54) is 0 Å². The lowest BCUT2D eigenvalue weighted by Crippen LogP contribution is -2.55. The molecule has 20 heavy (non-hydrogen) atoms. The topological polar surface area (TPSA) is 89.7 Å². The normalized spacial score (nSPS) is 27.0. The van der Waals surface area contributed by atoms with Gasteiger partial charge in [-0.3, -0.25) is 4.79 Å². The number of ether oxygens (including phenoxy) is 1. The molecule has 0 aromatic rings. The van der Waals surface area contributed by atoms with Crippen LogP contribution in [0.25, 0.3) is 0 Å². The maximum Gasteiger partial charge on any atom is 0.230 e. The Hall–Kier alpha value is -0.660. The Morgan fingerprint density at radius 3 is 2.55 bits per heavy atom. The molecular formula is C13H24N2O4S. The van der Waals surface area contributed by atoms with Crippen molar-refractivity contribution in [2.45, 2.75) is 31.7 Å². The van der Waals surface area contributed by atoms with E-state index in [0.717, 1.165) is 19.3 Å². The van der Waals surface area contributed by atoms with Crippen molar-refractivity contribution in [1.82, 2.24) is 4.90 Å². The maximum atomic E-state index is 12.8. The zero-order valence-electron chi connectivity index (χ0n) is 12.0. The van der Waals surface area contributed by atoms with Crippen molar-refractivity contribution in [3.8, 4) is 0 Å². The van der Waals surface area contributed by atoms with Crippen LogP contribution in [0.5, 0.6) is 0 Å². The van der Waals surface area contributed by atoms with Crippen LogP contribution >= 0.6 is 0 Å². The molecule has 1 aliphatic carbocycles. The SMILES string of the molecule is COCCN(C(=O)C1(CN)CCC1)C1CCS(=O)(=O)C1. The predicted octanol–water partition coefficient (Wildman–Crippen LogP) is -0.222. The van der Waals surface area contributed by atoms with Crippen LogP contribution in [-0.2, 0) is 19.4 Å². The molecular weight excluding hydrogens is 280 g/mol. The molecule has 1 heterocycles. The summed E-state index contributed by atoms with van der Waals surface area (Å²) in [5, 5.41) is 0. The summed E-state index contributed by atoms with van der Waals surface area (Å²) in [5.41, 5.74) is 5.33. The van der Waals surface area contributed by atoms with Gasteiger partial charge in [0.05, 0.1) is 23.5 Å². The van der Waals surface area contributed by atoms with Crippen molar-refractivity contribution in [2.24, 2.45) is 11.1 Å². The van der Waals surface area contributed by atoms with Gasteiger partial charge < -0.3 is 15.4 Å². The lowest BCUT2D eigenvalue weighted by molar-refractivity contribution is -0.149. The highest BCUT2D eigenvalue weighted by molar-refractivity contribution is 7.91. The van der Waals surface area contributed by atoms with Gasteiger partial charge in [-0.15, -0.1) is 0 Å². The Morgan fingerprint density at radius 2 is 2.15 bits per heavy atom. The zero-order valence-corrected chi connectivity index (χ0v) is 12.8. The molecule has 0 radical (unpaired) electrons. The van der Waals surface area contributed by atoms with Crippen molar-refractivity contribution >= 4 is 15.7 Å². The summed E-state index contributed by atoms with van der Waals surface area (Å²) in [4.78, 5) is 14.5. The first-order valence-electron chi connectivity index (χ1n) is 7.15. The van der Waals surface area contributed by atoms with Crippen LogP contribution in [-0.4, -0.2) is 63.6 Å². The second kappa shape index (κ2) is 5.99. The van der Waals surface area contributed by atoms with Gasteiger partial charge in [-0.05, 0) is 19.3 Å². The van der Waals surface area contributed by atoms with Gasteiger partial charge in [0, 0.05) is 26.2 Å². The van der Waals surface area contributed by atoms with Crippen LogP contribution in [0.4, 0.5) is 0 Å². The maximum absolute atomic E-state index is 12.8. The third-order valence-electron chi connectivity index (χ3n) is 4.60. The third kappa shape index (κ3) is 2.99. The van der Waals surface area contributed by atoms with Gasteiger partial charge >= 0.3 is 0 Å². The Kier molecular flexibility index (Phi) is 4.71. The summed E-state index contributed by atoms with van der Waals surface area (Å²) in [5.74, 6) is 0.262. The minimum absolute atomic E-state index is 0.0189. The number of nitrogens with two attached hydrogens (primary N) is 1. The average Bonchev–Trinajstić information content (AvgIpc) is 2.69. The smallest absolute Gasteiger partial charge is 0.230 e. The molecule has 0 bridgehead atoms. The van der Waals surface area contributed by atoms with Crippen molar-refractivity contribution in [3.05, 3.63) is 0 Å². The van der Waals surface area contributed by atoms with Crippen molar-refractivity contribution in [2.75, 3.05) is 38.3 Å². The van der Waals surface area contributed by atoms with Crippen LogP contribution < -0.4 is 5.73 Å². The minimum atomic E-state index is -3.01. The van der Waals surface area contributed by atoms with Crippen LogP contribution in [0.2, 0.25) is 0 Å². The minimum Gasteiger partial charge on any atom is -0.383 e. The number of rotatable bonds is 6. The van der Waals surface area contributed by atoms with E-state index in [-0.39, 0.29) is 23.5 Å². The number of amides is 1. The number of nitrogens with zero attached hydrogens (tertiary/aromatic N) is 1. The fourth-order valence-electron chi connectivity index (χ4n) is 3.07. The largest absolute Gasteiger partial charge is 0.383 e. The van der Waals surface area contributed by atoms with Gasteiger partial charge in [-0.1, -0.05) is 6.42 Å². The van der Waals surface area contributed by atoms with E-state index in [9.17, 15) is 13.2 Å². The molecule has 2 rings (SSSR count). The van der Waals surface area contributed by atoms with Crippen molar-refractivity contribution in [3.63, 3.8) is 0 Å². The first-order chi connectivity index (χ1) is 9.44. The quantitative estimate of drug-likeness (QED) is 0.732. The summed E-state index contributed by atoms with van der Waals surface area (Å²) in [6, 6.07) is -0.216. The van der Waals surface area contributed by atoms with E-state index in [4.69, 9.17) is 10.5 Å². The molecule has 0 spiro atoms. The molecule has 1 saturated carbocycles. The van der Waals surface area contributed by atoms with E-state index < -0.39 is 15.3 Å². The molecule has 1 saturated heterocycles. The van der Waals surface area contributed by atoms with E-state index >= 15 is 0 Å². The molecule has 2 aliphatic rings. The lowest BCUT2D eigenvalue weighted by Gasteiger charge is -2.44. The van der Waals surface area contributed by atoms with Gasteiger partial charge in [0.1, 0.15) is 0 Å². The summed E-state index contributed by atoms with van der Waals surface area (Å²) < 4.78 is 28.4. The number of carbonyl (C=O) groups is 1. The van der Waals surface area contributed by atoms with Crippen LogP contribution in [0, 0.1) is 5.41 Å². The van der Waals surface area contributed by atoms with E-state index in [1.807, 2.05) is 0 Å². The average molecular weight is 304 g/mol. The Morgan fingerprint density at radius 1 is 1.45 bits per heavy atom. The fourth-order valence-corrected chi connectivity index (χ4v) is 4.80. The number of hydrogen-bond donors (Lipinski definition) is 1. The van der Waals surface area contributed by atoms with E-state index in [1.54, 1.807) is 12.0 Å². The Balaban J connectivity index is 2.13. The highest BCUT2D eigenvalue weighted by Crippen LogP contribution is 2.42. The van der Waals surface area contributed by atoms with E-state index in [0.29, 0.717) is 26.1 Å². The molecule has 6 nitrogen and oxygen atoms in total. The second-order valence-electron chi connectivity index (χ2n) is 5.89. The molecule has 2 N–H and O–H groups in total. The molecule has 0 aromatic carbocycles. The van der Waals surface area contributed by atoms with Crippen molar-refractivity contribution in [1.29, 1.82) is 0 Å². The molecule has 1 atom stereocenters. The standard InChI is InChI=1S/C13H24N2O4S/c1-19-7-6-15(11-3-8-20(17,18)9-11)12(16)13(10-14)4-2-5-13/h11H,2-10,14H2,1H3. The Labute approximate surface area is 120 Å².